The number of hydrogen-bond acceptors (Lipinski definition) is 3. The third-order valence-corrected chi connectivity index (χ3v) is 4.08. The lowest BCUT2D eigenvalue weighted by atomic mass is 9.96. The standard InChI is InChI=1S/C12H21N3O2/c1-12(2)6-9(12)11(16)15-5-3-4-8(7-15)10(13)14-17/h8-9,17H,3-7H2,1-2H3,(H2,13,14). The van der Waals surface area contributed by atoms with Crippen molar-refractivity contribution in [3.05, 3.63) is 0 Å². The molecule has 3 N–H and O–H groups in total. The first-order chi connectivity index (χ1) is 7.95. The van der Waals surface area contributed by atoms with Crippen LogP contribution in [0.5, 0.6) is 0 Å². The summed E-state index contributed by atoms with van der Waals surface area (Å²) in [4.78, 5) is 14.1. The first kappa shape index (κ1) is 12.2. The molecule has 0 aromatic rings. The number of nitrogens with two attached hydrogens (primary N) is 1. The van der Waals surface area contributed by atoms with Crippen LogP contribution in [0.25, 0.3) is 0 Å². The van der Waals surface area contributed by atoms with Gasteiger partial charge in [-0.15, -0.1) is 0 Å². The molecule has 17 heavy (non-hydrogen) atoms. The zero-order valence-electron chi connectivity index (χ0n) is 10.5. The molecular weight excluding hydrogens is 218 g/mol. The van der Waals surface area contributed by atoms with E-state index in [1.165, 1.54) is 0 Å². The topological polar surface area (TPSA) is 78.9 Å². The fourth-order valence-electron chi connectivity index (χ4n) is 2.61. The van der Waals surface area contributed by atoms with Crippen LogP contribution in [0.4, 0.5) is 0 Å². The van der Waals surface area contributed by atoms with Crippen LogP contribution in [-0.2, 0) is 4.79 Å². The molecule has 5 heteroatoms. The average molecular weight is 239 g/mol. The van der Waals surface area contributed by atoms with E-state index in [1.807, 2.05) is 4.90 Å². The summed E-state index contributed by atoms with van der Waals surface area (Å²) in [6.45, 7) is 5.66. The minimum absolute atomic E-state index is 0.0135. The molecule has 96 valence electrons. The van der Waals surface area contributed by atoms with Gasteiger partial charge in [0.2, 0.25) is 5.91 Å². The quantitative estimate of drug-likeness (QED) is 0.327. The Hall–Kier alpha value is -1.26. The molecule has 2 unspecified atom stereocenters. The van der Waals surface area contributed by atoms with Crippen LogP contribution in [0, 0.1) is 17.3 Å². The number of amides is 1. The molecule has 1 amide bonds. The second-order valence-corrected chi connectivity index (χ2v) is 5.89. The van der Waals surface area contributed by atoms with Gasteiger partial charge in [0.05, 0.1) is 0 Å². The van der Waals surface area contributed by atoms with Crippen molar-refractivity contribution in [2.45, 2.75) is 33.1 Å². The first-order valence-corrected chi connectivity index (χ1v) is 6.22. The monoisotopic (exact) mass is 239 g/mol. The lowest BCUT2D eigenvalue weighted by molar-refractivity contribution is -0.134. The Bertz CT molecular complexity index is 352. The van der Waals surface area contributed by atoms with Gasteiger partial charge in [0, 0.05) is 24.9 Å². The molecule has 0 bridgehead atoms. The Morgan fingerprint density at radius 1 is 1.53 bits per heavy atom. The van der Waals surface area contributed by atoms with Gasteiger partial charge in [-0.05, 0) is 24.7 Å². The molecular formula is C12H21N3O2. The summed E-state index contributed by atoms with van der Waals surface area (Å²) in [6, 6.07) is 0. The van der Waals surface area contributed by atoms with Crippen LogP contribution in [0.2, 0.25) is 0 Å². The highest BCUT2D eigenvalue weighted by molar-refractivity contribution is 5.85. The number of piperidine rings is 1. The van der Waals surface area contributed by atoms with E-state index in [0.29, 0.717) is 6.54 Å². The molecule has 1 aliphatic carbocycles. The van der Waals surface area contributed by atoms with Crippen LogP contribution in [0.15, 0.2) is 5.16 Å². The van der Waals surface area contributed by atoms with Crippen LogP contribution in [-0.4, -0.2) is 34.9 Å². The highest BCUT2D eigenvalue weighted by Crippen LogP contribution is 2.52. The number of nitrogens with zero attached hydrogens (tertiary/aromatic N) is 2. The van der Waals surface area contributed by atoms with Crippen molar-refractivity contribution in [1.82, 2.24) is 4.90 Å². The molecule has 2 fully saturated rings. The van der Waals surface area contributed by atoms with Crippen molar-refractivity contribution in [2.24, 2.45) is 28.1 Å². The summed E-state index contributed by atoms with van der Waals surface area (Å²) in [5, 5.41) is 11.7. The molecule has 1 saturated heterocycles. The van der Waals surface area contributed by atoms with Gasteiger partial charge >= 0.3 is 0 Å². The molecule has 2 aliphatic rings. The van der Waals surface area contributed by atoms with E-state index in [2.05, 4.69) is 19.0 Å². The fraction of sp³-hybridized carbons (Fsp3) is 0.833. The van der Waals surface area contributed by atoms with Gasteiger partial charge in [0.15, 0.2) is 0 Å². The van der Waals surface area contributed by atoms with E-state index in [0.717, 1.165) is 25.8 Å². The molecule has 1 saturated carbocycles. The Morgan fingerprint density at radius 2 is 2.18 bits per heavy atom. The molecule has 0 spiro atoms. The second-order valence-electron chi connectivity index (χ2n) is 5.89. The fourth-order valence-corrected chi connectivity index (χ4v) is 2.61. The van der Waals surface area contributed by atoms with Crippen LogP contribution < -0.4 is 5.73 Å². The largest absolute Gasteiger partial charge is 0.409 e. The molecule has 0 aromatic heterocycles. The van der Waals surface area contributed by atoms with Gasteiger partial charge in [-0.2, -0.15) is 0 Å². The molecule has 0 radical (unpaired) electrons. The SMILES string of the molecule is CC1(C)CC1C(=O)N1CCCC(C(N)=NO)C1. The molecule has 0 aromatic carbocycles. The Kier molecular flexibility index (Phi) is 3.02. The van der Waals surface area contributed by atoms with Crippen molar-refractivity contribution in [3.63, 3.8) is 0 Å². The zero-order valence-corrected chi connectivity index (χ0v) is 10.5. The Balaban J connectivity index is 1.96. The maximum atomic E-state index is 12.2. The summed E-state index contributed by atoms with van der Waals surface area (Å²) in [5.74, 6) is 0.677. The van der Waals surface area contributed by atoms with Crippen molar-refractivity contribution in [3.8, 4) is 0 Å². The van der Waals surface area contributed by atoms with Crippen LogP contribution >= 0.6 is 0 Å². The Labute approximate surface area is 102 Å². The Morgan fingerprint density at radius 3 is 2.71 bits per heavy atom. The minimum atomic E-state index is 0.0135. The maximum absolute atomic E-state index is 12.2. The van der Waals surface area contributed by atoms with Crippen molar-refractivity contribution < 1.29 is 10.0 Å². The number of carbonyl (C=O) groups is 1. The second kappa shape index (κ2) is 4.20. The normalized spacial score (nSPS) is 32.4. The van der Waals surface area contributed by atoms with Gasteiger partial charge in [-0.1, -0.05) is 19.0 Å². The van der Waals surface area contributed by atoms with Crippen molar-refractivity contribution in [2.75, 3.05) is 13.1 Å². The average Bonchev–Trinajstić information content (AvgIpc) is 2.96. The van der Waals surface area contributed by atoms with Gasteiger partial charge in [0.1, 0.15) is 5.84 Å². The predicted octanol–water partition coefficient (Wildman–Crippen LogP) is 1.02. The van der Waals surface area contributed by atoms with Gasteiger partial charge in [-0.25, -0.2) is 0 Å². The molecule has 2 atom stereocenters. The van der Waals surface area contributed by atoms with E-state index in [-0.39, 0.29) is 29.0 Å². The smallest absolute Gasteiger partial charge is 0.226 e. The summed E-state index contributed by atoms with van der Waals surface area (Å²) in [6.07, 6.45) is 2.81. The van der Waals surface area contributed by atoms with Gasteiger partial charge in [0.25, 0.3) is 0 Å². The summed E-state index contributed by atoms with van der Waals surface area (Å²) in [5.41, 5.74) is 5.78. The lowest BCUT2D eigenvalue weighted by Gasteiger charge is -2.32. The first-order valence-electron chi connectivity index (χ1n) is 6.22. The predicted molar refractivity (Wildman–Crippen MR) is 64.6 cm³/mol. The maximum Gasteiger partial charge on any atom is 0.226 e. The highest BCUT2D eigenvalue weighted by Gasteiger charge is 2.52. The highest BCUT2D eigenvalue weighted by atomic mass is 16.4. The number of carbonyl (C=O) groups excluding carboxylic acids is 1. The number of oxime groups is 1. The summed E-state index contributed by atoms with van der Waals surface area (Å²) in [7, 11) is 0. The van der Waals surface area contributed by atoms with E-state index >= 15 is 0 Å². The number of rotatable bonds is 2. The summed E-state index contributed by atoms with van der Waals surface area (Å²) < 4.78 is 0. The number of amidine groups is 1. The molecule has 5 nitrogen and oxygen atoms in total. The van der Waals surface area contributed by atoms with Gasteiger partial charge in [-0.3, -0.25) is 4.79 Å². The van der Waals surface area contributed by atoms with Crippen LogP contribution in [0.3, 0.4) is 0 Å². The lowest BCUT2D eigenvalue weighted by Crippen LogP contribution is -2.45. The third kappa shape index (κ3) is 2.37. The van der Waals surface area contributed by atoms with Gasteiger partial charge < -0.3 is 15.8 Å². The van der Waals surface area contributed by atoms with E-state index in [9.17, 15) is 4.79 Å². The van der Waals surface area contributed by atoms with Crippen LogP contribution in [0.1, 0.15) is 33.1 Å². The number of likely N-dealkylation sites (tertiary alicyclic amines) is 1. The molecule has 1 heterocycles. The van der Waals surface area contributed by atoms with Crippen molar-refractivity contribution in [1.29, 1.82) is 0 Å². The summed E-state index contributed by atoms with van der Waals surface area (Å²) >= 11 is 0. The zero-order chi connectivity index (χ0) is 12.6. The van der Waals surface area contributed by atoms with E-state index in [1.54, 1.807) is 0 Å². The molecule has 1 aliphatic heterocycles. The van der Waals surface area contributed by atoms with E-state index < -0.39 is 0 Å². The van der Waals surface area contributed by atoms with E-state index in [4.69, 9.17) is 10.9 Å². The third-order valence-electron chi connectivity index (χ3n) is 4.08. The minimum Gasteiger partial charge on any atom is -0.409 e. The molecule has 2 rings (SSSR count). The number of hydrogen-bond donors (Lipinski definition) is 2. The van der Waals surface area contributed by atoms with Crippen molar-refractivity contribution >= 4 is 11.7 Å².